The Morgan fingerprint density at radius 1 is 1.11 bits per heavy atom. The highest BCUT2D eigenvalue weighted by Crippen LogP contribution is 2.26. The van der Waals surface area contributed by atoms with Gasteiger partial charge in [0.2, 0.25) is 0 Å². The van der Waals surface area contributed by atoms with Crippen molar-refractivity contribution in [2.75, 3.05) is 11.9 Å². The van der Waals surface area contributed by atoms with Crippen LogP contribution in [0.1, 0.15) is 21.5 Å². The number of pyridine rings is 2. The van der Waals surface area contributed by atoms with Gasteiger partial charge in [0.1, 0.15) is 6.67 Å². The first-order valence-corrected chi connectivity index (χ1v) is 8.89. The highest BCUT2D eigenvalue weighted by molar-refractivity contribution is 6.06. The molecule has 0 N–H and O–H groups in total. The predicted octanol–water partition coefficient (Wildman–Crippen LogP) is 4.45. The predicted molar refractivity (Wildman–Crippen MR) is 107 cm³/mol. The second kappa shape index (κ2) is 7.23. The van der Waals surface area contributed by atoms with Gasteiger partial charge in [0.15, 0.2) is 0 Å². The lowest BCUT2D eigenvalue weighted by molar-refractivity contribution is 0.0993. The molecule has 0 saturated heterocycles. The number of anilines is 1. The van der Waals surface area contributed by atoms with Crippen molar-refractivity contribution >= 4 is 17.1 Å². The van der Waals surface area contributed by atoms with E-state index in [1.807, 2.05) is 31.2 Å². The van der Waals surface area contributed by atoms with Crippen molar-refractivity contribution in [3.63, 3.8) is 0 Å². The molecule has 5 nitrogen and oxygen atoms in total. The first kappa shape index (κ1) is 17.9. The Labute approximate surface area is 162 Å². The van der Waals surface area contributed by atoms with Crippen molar-refractivity contribution in [1.82, 2.24) is 14.6 Å². The molecule has 0 aliphatic heterocycles. The summed E-state index contributed by atoms with van der Waals surface area (Å²) in [6.45, 7) is 1.45. The average Bonchev–Trinajstić information content (AvgIpc) is 3.16. The lowest BCUT2D eigenvalue weighted by atomic mass is 10.0. The van der Waals surface area contributed by atoms with Gasteiger partial charge in [-0.05, 0) is 41.8 Å². The van der Waals surface area contributed by atoms with Crippen LogP contribution < -0.4 is 4.90 Å². The second-order valence-electron chi connectivity index (χ2n) is 6.72. The van der Waals surface area contributed by atoms with E-state index in [2.05, 4.69) is 10.1 Å². The van der Waals surface area contributed by atoms with E-state index in [0.29, 0.717) is 11.1 Å². The van der Waals surface area contributed by atoms with Crippen LogP contribution in [0.3, 0.4) is 0 Å². The summed E-state index contributed by atoms with van der Waals surface area (Å²) in [7, 11) is 1.73. The fourth-order valence-electron chi connectivity index (χ4n) is 3.14. The van der Waals surface area contributed by atoms with Crippen molar-refractivity contribution in [2.24, 2.45) is 0 Å². The molecule has 140 valence electrons. The van der Waals surface area contributed by atoms with Gasteiger partial charge in [0, 0.05) is 30.6 Å². The molecule has 0 unspecified atom stereocenters. The monoisotopic (exact) mass is 374 g/mol. The van der Waals surface area contributed by atoms with Crippen LogP contribution in [0.4, 0.5) is 10.1 Å². The first-order valence-electron chi connectivity index (χ1n) is 8.89. The van der Waals surface area contributed by atoms with Crippen LogP contribution in [-0.2, 0) is 6.67 Å². The van der Waals surface area contributed by atoms with E-state index in [4.69, 9.17) is 0 Å². The van der Waals surface area contributed by atoms with E-state index >= 15 is 0 Å². The summed E-state index contributed by atoms with van der Waals surface area (Å²) < 4.78 is 14.5. The fraction of sp³-hybridized carbons (Fsp3) is 0.136. The maximum absolute atomic E-state index is 13.0. The van der Waals surface area contributed by atoms with Crippen LogP contribution >= 0.6 is 0 Å². The minimum atomic E-state index is -0.492. The van der Waals surface area contributed by atoms with Crippen LogP contribution in [-0.4, -0.2) is 27.6 Å². The Morgan fingerprint density at radius 2 is 1.89 bits per heavy atom. The number of hydrogen-bond donors (Lipinski definition) is 0. The molecule has 1 amide bonds. The minimum Gasteiger partial charge on any atom is -0.310 e. The van der Waals surface area contributed by atoms with Crippen molar-refractivity contribution in [3.05, 3.63) is 83.9 Å². The van der Waals surface area contributed by atoms with Gasteiger partial charge in [-0.1, -0.05) is 24.3 Å². The molecule has 6 heteroatoms. The number of hydrogen-bond acceptors (Lipinski definition) is 3. The lowest BCUT2D eigenvalue weighted by Gasteiger charge is -2.17. The molecular formula is C22H19FN4O. The summed E-state index contributed by atoms with van der Waals surface area (Å²) in [6, 6.07) is 12.7. The number of rotatable bonds is 4. The highest BCUT2D eigenvalue weighted by Gasteiger charge is 2.16. The smallest absolute Gasteiger partial charge is 0.258 e. The van der Waals surface area contributed by atoms with Gasteiger partial charge in [-0.3, -0.25) is 9.78 Å². The van der Waals surface area contributed by atoms with Crippen molar-refractivity contribution in [2.45, 2.75) is 13.6 Å². The highest BCUT2D eigenvalue weighted by atomic mass is 19.1. The normalized spacial score (nSPS) is 11.0. The van der Waals surface area contributed by atoms with E-state index in [1.54, 1.807) is 59.4 Å². The third-order valence-corrected chi connectivity index (χ3v) is 4.74. The number of aryl methyl sites for hydroxylation is 1. The van der Waals surface area contributed by atoms with Crippen LogP contribution in [0.5, 0.6) is 0 Å². The second-order valence-corrected chi connectivity index (χ2v) is 6.72. The Morgan fingerprint density at radius 3 is 2.61 bits per heavy atom. The van der Waals surface area contributed by atoms with E-state index in [0.717, 1.165) is 27.9 Å². The number of alkyl halides is 1. The number of carbonyl (C=O) groups excluding carboxylic acids is 1. The third kappa shape index (κ3) is 3.24. The van der Waals surface area contributed by atoms with Gasteiger partial charge >= 0.3 is 0 Å². The summed E-state index contributed by atoms with van der Waals surface area (Å²) in [5.41, 5.74) is 5.54. The molecule has 0 spiro atoms. The SMILES string of the molecule is Cc1cncc(N(C)C(=O)c2ccn3ncc(-c4ccc(CF)cc4)c3c2)c1. The summed E-state index contributed by atoms with van der Waals surface area (Å²) in [6.07, 6.45) is 6.94. The van der Waals surface area contributed by atoms with Crippen molar-refractivity contribution in [1.29, 1.82) is 0 Å². The Kier molecular flexibility index (Phi) is 4.61. The van der Waals surface area contributed by atoms with E-state index in [-0.39, 0.29) is 5.91 Å². The zero-order valence-corrected chi connectivity index (χ0v) is 15.6. The van der Waals surface area contributed by atoms with Gasteiger partial charge in [0.25, 0.3) is 5.91 Å². The zero-order valence-electron chi connectivity index (χ0n) is 15.6. The molecule has 0 fully saturated rings. The van der Waals surface area contributed by atoms with Gasteiger partial charge in [-0.25, -0.2) is 8.91 Å². The molecule has 3 heterocycles. The number of halogens is 1. The maximum Gasteiger partial charge on any atom is 0.258 e. The molecule has 0 aliphatic carbocycles. The number of aromatic nitrogens is 3. The van der Waals surface area contributed by atoms with E-state index < -0.39 is 6.67 Å². The first-order chi connectivity index (χ1) is 13.6. The number of benzene rings is 1. The number of nitrogens with zero attached hydrogens (tertiary/aromatic N) is 4. The zero-order chi connectivity index (χ0) is 19.7. The average molecular weight is 374 g/mol. The minimum absolute atomic E-state index is 0.130. The van der Waals surface area contributed by atoms with Gasteiger partial charge in [-0.2, -0.15) is 5.10 Å². The molecule has 0 radical (unpaired) electrons. The Balaban J connectivity index is 1.71. The molecule has 0 bridgehead atoms. The fourth-order valence-corrected chi connectivity index (χ4v) is 3.14. The third-order valence-electron chi connectivity index (χ3n) is 4.74. The van der Waals surface area contributed by atoms with E-state index in [9.17, 15) is 9.18 Å². The number of fused-ring (bicyclic) bond motifs is 1. The standard InChI is InChI=1S/C22H19FN4O/c1-15-9-19(13-24-12-15)26(2)22(28)18-7-8-27-21(10-18)20(14-25-27)17-5-3-16(11-23)4-6-17/h3-10,12-14H,11H2,1-2H3. The molecular weight excluding hydrogens is 355 g/mol. The number of carbonyl (C=O) groups is 1. The van der Waals surface area contributed by atoms with Crippen molar-refractivity contribution < 1.29 is 9.18 Å². The summed E-state index contributed by atoms with van der Waals surface area (Å²) >= 11 is 0. The quantitative estimate of drug-likeness (QED) is 0.530. The van der Waals surface area contributed by atoms with Crippen LogP contribution in [0.15, 0.2) is 67.3 Å². The molecule has 0 atom stereocenters. The van der Waals surface area contributed by atoms with Crippen molar-refractivity contribution in [3.8, 4) is 11.1 Å². The van der Waals surface area contributed by atoms with Crippen LogP contribution in [0.2, 0.25) is 0 Å². The largest absolute Gasteiger partial charge is 0.310 e. The summed E-state index contributed by atoms with van der Waals surface area (Å²) in [4.78, 5) is 18.7. The van der Waals surface area contributed by atoms with Crippen LogP contribution in [0, 0.1) is 6.92 Å². The topological polar surface area (TPSA) is 50.5 Å². The van der Waals surface area contributed by atoms with E-state index in [1.165, 1.54) is 0 Å². The summed E-state index contributed by atoms with van der Waals surface area (Å²) in [5.74, 6) is -0.130. The molecule has 4 rings (SSSR count). The molecule has 0 aliphatic rings. The van der Waals surface area contributed by atoms with Crippen LogP contribution in [0.25, 0.3) is 16.6 Å². The maximum atomic E-state index is 13.0. The Hall–Kier alpha value is -3.54. The van der Waals surface area contributed by atoms with Gasteiger partial charge in [-0.15, -0.1) is 0 Å². The van der Waals surface area contributed by atoms with Gasteiger partial charge in [0.05, 0.1) is 23.6 Å². The lowest BCUT2D eigenvalue weighted by Crippen LogP contribution is -2.26. The Bertz CT molecular complexity index is 1150. The molecule has 0 saturated carbocycles. The number of amides is 1. The molecule has 1 aromatic carbocycles. The summed E-state index contributed by atoms with van der Waals surface area (Å²) in [5, 5.41) is 4.36. The van der Waals surface area contributed by atoms with Gasteiger partial charge < -0.3 is 4.90 Å². The molecule has 4 aromatic rings. The molecule has 28 heavy (non-hydrogen) atoms. The molecule has 3 aromatic heterocycles.